The van der Waals surface area contributed by atoms with E-state index < -0.39 is 0 Å². The third-order valence-corrected chi connectivity index (χ3v) is 3.23. The van der Waals surface area contributed by atoms with Gasteiger partial charge in [-0.2, -0.15) is 0 Å². The molecular weight excluding hydrogens is 280 g/mol. The minimum atomic E-state index is -0.248. The van der Waals surface area contributed by atoms with E-state index in [1.54, 1.807) is 13.1 Å². The summed E-state index contributed by atoms with van der Waals surface area (Å²) < 4.78 is 4.72. The molecule has 0 saturated carbocycles. The molecule has 2 heterocycles. The summed E-state index contributed by atoms with van der Waals surface area (Å²) in [5.41, 5.74) is 1.64. The second-order valence-corrected chi connectivity index (χ2v) is 4.94. The molecule has 0 aromatic carbocycles. The van der Waals surface area contributed by atoms with Crippen molar-refractivity contribution in [3.8, 4) is 11.5 Å². The minimum absolute atomic E-state index is 0.247. The lowest BCUT2D eigenvalue weighted by atomic mass is 10.2. The Morgan fingerprint density at radius 1 is 1.36 bits per heavy atom. The topological polar surface area (TPSA) is 77.0 Å². The van der Waals surface area contributed by atoms with Crippen molar-refractivity contribution in [2.75, 3.05) is 19.0 Å². The van der Waals surface area contributed by atoms with Crippen LogP contribution in [0.2, 0.25) is 0 Å². The number of aromatic nitrogens is 3. The van der Waals surface area contributed by atoms with Crippen LogP contribution in [0.15, 0.2) is 30.5 Å². The van der Waals surface area contributed by atoms with Crippen LogP contribution in [0.3, 0.4) is 0 Å². The van der Waals surface area contributed by atoms with Gasteiger partial charge in [0.15, 0.2) is 5.82 Å². The second-order valence-electron chi connectivity index (χ2n) is 4.94. The Labute approximate surface area is 130 Å². The number of carbonyl (C=O) groups is 1. The van der Waals surface area contributed by atoms with Crippen LogP contribution in [-0.2, 0) is 16.0 Å². The number of rotatable bonds is 6. The molecule has 1 atom stereocenters. The van der Waals surface area contributed by atoms with Crippen molar-refractivity contribution >= 4 is 11.8 Å². The molecule has 0 saturated heterocycles. The highest BCUT2D eigenvalue weighted by atomic mass is 16.5. The quantitative estimate of drug-likeness (QED) is 0.825. The predicted octanol–water partition coefficient (Wildman–Crippen LogP) is 2.32. The number of ether oxygens (including phenoxy) is 1. The van der Waals surface area contributed by atoms with Gasteiger partial charge in [-0.3, -0.25) is 9.78 Å². The maximum absolute atomic E-state index is 11.4. The summed E-state index contributed by atoms with van der Waals surface area (Å²) in [4.78, 5) is 24.7. The monoisotopic (exact) mass is 300 g/mol. The van der Waals surface area contributed by atoms with Crippen molar-refractivity contribution in [1.29, 1.82) is 0 Å². The molecule has 2 aromatic heterocycles. The maximum atomic E-state index is 11.4. The third kappa shape index (κ3) is 4.00. The maximum Gasteiger partial charge on any atom is 0.310 e. The summed E-state index contributed by atoms with van der Waals surface area (Å²) >= 11 is 0. The Balaban J connectivity index is 2.19. The summed E-state index contributed by atoms with van der Waals surface area (Å²) in [6.45, 7) is 4.29. The smallest absolute Gasteiger partial charge is 0.310 e. The first-order chi connectivity index (χ1) is 10.6. The van der Waals surface area contributed by atoms with Crippen LogP contribution in [0.1, 0.15) is 19.5 Å². The van der Waals surface area contributed by atoms with Crippen LogP contribution >= 0.6 is 0 Å². The molecule has 0 aliphatic heterocycles. The lowest BCUT2D eigenvalue weighted by Crippen LogP contribution is -2.22. The van der Waals surface area contributed by atoms with E-state index in [0.29, 0.717) is 18.2 Å². The van der Waals surface area contributed by atoms with E-state index >= 15 is 0 Å². The number of carbonyl (C=O) groups excluding carboxylic acids is 1. The number of aryl methyl sites for hydroxylation is 1. The lowest BCUT2D eigenvalue weighted by molar-refractivity contribution is -0.144. The summed E-state index contributed by atoms with van der Waals surface area (Å²) in [6, 6.07) is 7.51. The van der Waals surface area contributed by atoms with Crippen LogP contribution in [-0.4, -0.2) is 34.6 Å². The first-order valence-electron chi connectivity index (χ1n) is 7.25. The van der Waals surface area contributed by atoms with Gasteiger partial charge in [0.1, 0.15) is 11.5 Å². The molecule has 6 heteroatoms. The van der Waals surface area contributed by atoms with Crippen molar-refractivity contribution in [3.63, 3.8) is 0 Å². The zero-order chi connectivity index (χ0) is 15.9. The van der Waals surface area contributed by atoms with Crippen LogP contribution < -0.4 is 5.32 Å². The summed E-state index contributed by atoms with van der Waals surface area (Å²) in [6.07, 6.45) is 2.51. The van der Waals surface area contributed by atoms with E-state index in [0.717, 1.165) is 17.8 Å². The number of hydrogen-bond donors (Lipinski definition) is 1. The normalized spacial score (nSPS) is 11.8. The van der Waals surface area contributed by atoms with Crippen molar-refractivity contribution < 1.29 is 9.53 Å². The molecular formula is C16H20N4O2. The number of methoxy groups -OCH3 is 1. The van der Waals surface area contributed by atoms with Crippen molar-refractivity contribution in [3.05, 3.63) is 36.2 Å². The van der Waals surface area contributed by atoms with Gasteiger partial charge in [-0.15, -0.1) is 0 Å². The van der Waals surface area contributed by atoms with Crippen LogP contribution in [0, 0.1) is 5.92 Å². The molecule has 0 aliphatic rings. The number of anilines is 1. The molecule has 0 spiro atoms. The van der Waals surface area contributed by atoms with Gasteiger partial charge in [0.05, 0.1) is 13.0 Å². The molecule has 6 nitrogen and oxygen atoms in total. The van der Waals surface area contributed by atoms with Gasteiger partial charge in [0.25, 0.3) is 0 Å². The fourth-order valence-corrected chi connectivity index (χ4v) is 1.92. The van der Waals surface area contributed by atoms with E-state index in [1.165, 1.54) is 7.11 Å². The standard InChI is InChI=1S/C16H20N4O2/c1-4-12-9-14(18-10-11(2)16(21)22-3)20-15(19-12)13-7-5-6-8-17-13/h5-9,11H,4,10H2,1-3H3,(H,18,19,20). The average molecular weight is 300 g/mol. The SMILES string of the molecule is CCc1cc(NCC(C)C(=O)OC)nc(-c2ccccn2)n1. The molecule has 0 amide bonds. The second kappa shape index (κ2) is 7.49. The van der Waals surface area contributed by atoms with Gasteiger partial charge in [0.2, 0.25) is 0 Å². The summed E-state index contributed by atoms with van der Waals surface area (Å²) in [5, 5.41) is 3.16. The van der Waals surface area contributed by atoms with E-state index in [2.05, 4.69) is 20.3 Å². The van der Waals surface area contributed by atoms with Gasteiger partial charge in [0, 0.05) is 24.5 Å². The zero-order valence-electron chi connectivity index (χ0n) is 13.0. The first-order valence-corrected chi connectivity index (χ1v) is 7.25. The molecule has 22 heavy (non-hydrogen) atoms. The predicted molar refractivity (Wildman–Crippen MR) is 84.3 cm³/mol. The molecule has 0 aliphatic carbocycles. The van der Waals surface area contributed by atoms with Gasteiger partial charge in [-0.25, -0.2) is 9.97 Å². The van der Waals surface area contributed by atoms with Gasteiger partial charge < -0.3 is 10.1 Å². The number of nitrogens with zero attached hydrogens (tertiary/aromatic N) is 3. The Kier molecular flexibility index (Phi) is 5.41. The Morgan fingerprint density at radius 2 is 2.18 bits per heavy atom. The molecule has 0 fully saturated rings. The average Bonchev–Trinajstić information content (AvgIpc) is 2.59. The van der Waals surface area contributed by atoms with Gasteiger partial charge in [-0.05, 0) is 18.6 Å². The first kappa shape index (κ1) is 15.9. The number of pyridine rings is 1. The lowest BCUT2D eigenvalue weighted by Gasteiger charge is -2.12. The highest BCUT2D eigenvalue weighted by Crippen LogP contribution is 2.16. The molecule has 2 aromatic rings. The Morgan fingerprint density at radius 3 is 2.82 bits per heavy atom. The molecule has 1 unspecified atom stereocenters. The Bertz CT molecular complexity index is 631. The van der Waals surface area contributed by atoms with Crippen LogP contribution in [0.5, 0.6) is 0 Å². The van der Waals surface area contributed by atoms with E-state index in [4.69, 9.17) is 4.74 Å². The third-order valence-electron chi connectivity index (χ3n) is 3.23. The van der Waals surface area contributed by atoms with Gasteiger partial charge >= 0.3 is 5.97 Å². The van der Waals surface area contributed by atoms with Crippen molar-refractivity contribution in [1.82, 2.24) is 15.0 Å². The van der Waals surface area contributed by atoms with E-state index in [-0.39, 0.29) is 11.9 Å². The minimum Gasteiger partial charge on any atom is -0.469 e. The van der Waals surface area contributed by atoms with Crippen molar-refractivity contribution in [2.45, 2.75) is 20.3 Å². The molecule has 0 radical (unpaired) electrons. The number of esters is 1. The molecule has 1 N–H and O–H groups in total. The molecule has 2 rings (SSSR count). The summed E-state index contributed by atoms with van der Waals surface area (Å²) in [7, 11) is 1.39. The fourth-order valence-electron chi connectivity index (χ4n) is 1.92. The van der Waals surface area contributed by atoms with E-state index in [1.807, 2.05) is 31.2 Å². The molecule has 0 bridgehead atoms. The van der Waals surface area contributed by atoms with Gasteiger partial charge in [-0.1, -0.05) is 19.9 Å². The highest BCUT2D eigenvalue weighted by Gasteiger charge is 2.13. The van der Waals surface area contributed by atoms with Crippen molar-refractivity contribution in [2.24, 2.45) is 5.92 Å². The molecule has 116 valence electrons. The largest absolute Gasteiger partial charge is 0.469 e. The number of hydrogen-bond acceptors (Lipinski definition) is 6. The van der Waals surface area contributed by atoms with E-state index in [9.17, 15) is 4.79 Å². The zero-order valence-corrected chi connectivity index (χ0v) is 13.0. The fraction of sp³-hybridized carbons (Fsp3) is 0.375. The van der Waals surface area contributed by atoms with Crippen LogP contribution in [0.4, 0.5) is 5.82 Å². The Hall–Kier alpha value is -2.50. The van der Waals surface area contributed by atoms with Crippen LogP contribution in [0.25, 0.3) is 11.5 Å². The number of nitrogens with one attached hydrogen (secondary N) is 1. The summed E-state index contributed by atoms with van der Waals surface area (Å²) in [5.74, 6) is 0.766. The highest BCUT2D eigenvalue weighted by molar-refractivity contribution is 5.72.